The van der Waals surface area contributed by atoms with Crippen molar-refractivity contribution in [2.24, 2.45) is 0 Å². The number of thiocarbonyl (C=S) groups is 1. The summed E-state index contributed by atoms with van der Waals surface area (Å²) in [5, 5.41) is 10.8. The molecule has 1 N–H and O–H groups in total. The monoisotopic (exact) mass is 299 g/mol. The Morgan fingerprint density at radius 3 is 2.89 bits per heavy atom. The zero-order valence-electron chi connectivity index (χ0n) is 9.32. The molecule has 18 heavy (non-hydrogen) atoms. The van der Waals surface area contributed by atoms with E-state index in [1.807, 2.05) is 17.5 Å². The molecule has 2 rings (SSSR count). The van der Waals surface area contributed by atoms with Gasteiger partial charge < -0.3 is 5.11 Å². The largest absolute Gasteiger partial charge is 0.480 e. The summed E-state index contributed by atoms with van der Waals surface area (Å²) in [4.78, 5) is 25.6. The van der Waals surface area contributed by atoms with Gasteiger partial charge in [0.15, 0.2) is 0 Å². The Bertz CT molecular complexity index is 536. The number of carboxylic acids is 1. The molecule has 1 atom stereocenters. The van der Waals surface area contributed by atoms with E-state index in [-0.39, 0.29) is 10.2 Å². The zero-order valence-corrected chi connectivity index (χ0v) is 11.8. The standard InChI is InChI=1S/C11H9NO3S3/c1-6(10(14)15)12-9(13)8(18-11(12)16)5-7-3-2-4-17-7/h2-6H,1H3,(H,14,15)/b8-5-/t6-/m1/s1. The van der Waals surface area contributed by atoms with Crippen molar-refractivity contribution < 1.29 is 14.7 Å². The van der Waals surface area contributed by atoms with E-state index in [4.69, 9.17) is 17.3 Å². The van der Waals surface area contributed by atoms with E-state index in [1.165, 1.54) is 18.3 Å². The summed E-state index contributed by atoms with van der Waals surface area (Å²) in [7, 11) is 0. The average Bonchev–Trinajstić information content (AvgIpc) is 2.88. The zero-order chi connectivity index (χ0) is 13.3. The van der Waals surface area contributed by atoms with E-state index < -0.39 is 12.0 Å². The summed E-state index contributed by atoms with van der Waals surface area (Å²) < 4.78 is 0.290. The molecular formula is C11H9NO3S3. The minimum Gasteiger partial charge on any atom is -0.480 e. The van der Waals surface area contributed by atoms with Gasteiger partial charge in [0.1, 0.15) is 10.4 Å². The summed E-state index contributed by atoms with van der Waals surface area (Å²) >= 11 is 7.70. The topological polar surface area (TPSA) is 57.6 Å². The molecule has 0 unspecified atom stereocenters. The van der Waals surface area contributed by atoms with Gasteiger partial charge in [0.05, 0.1) is 4.91 Å². The SMILES string of the molecule is C[C@H](C(=O)O)N1C(=O)/C(=C/c2cccs2)SC1=S. The molecule has 2 heterocycles. The first-order chi connectivity index (χ1) is 8.50. The molecule has 1 aromatic rings. The number of hydrogen-bond donors (Lipinski definition) is 1. The highest BCUT2D eigenvalue weighted by Gasteiger charge is 2.38. The van der Waals surface area contributed by atoms with Crippen LogP contribution in [0.3, 0.4) is 0 Å². The Balaban J connectivity index is 2.27. The number of thiophene rings is 1. The van der Waals surface area contributed by atoms with Crippen molar-refractivity contribution in [1.29, 1.82) is 0 Å². The number of carbonyl (C=O) groups excluding carboxylic acids is 1. The Morgan fingerprint density at radius 1 is 1.61 bits per heavy atom. The predicted molar refractivity (Wildman–Crippen MR) is 76.4 cm³/mol. The highest BCUT2D eigenvalue weighted by atomic mass is 32.2. The Hall–Kier alpha value is -1.18. The first kappa shape index (κ1) is 13.3. The van der Waals surface area contributed by atoms with Crippen LogP contribution in [0.4, 0.5) is 0 Å². The summed E-state index contributed by atoms with van der Waals surface area (Å²) in [6.45, 7) is 1.45. The molecule has 0 aromatic carbocycles. The number of nitrogens with zero attached hydrogens (tertiary/aromatic N) is 1. The molecule has 94 valence electrons. The van der Waals surface area contributed by atoms with Crippen molar-refractivity contribution in [2.75, 3.05) is 0 Å². The van der Waals surface area contributed by atoms with Gasteiger partial charge in [0.25, 0.3) is 5.91 Å². The van der Waals surface area contributed by atoms with Crippen LogP contribution in [-0.2, 0) is 9.59 Å². The molecule has 0 radical (unpaired) electrons. The maximum Gasteiger partial charge on any atom is 0.326 e. The van der Waals surface area contributed by atoms with E-state index in [1.54, 1.807) is 6.08 Å². The minimum absolute atomic E-state index is 0.290. The van der Waals surface area contributed by atoms with Gasteiger partial charge in [0, 0.05) is 4.88 Å². The third-order valence-corrected chi connectivity index (χ3v) is 4.53. The van der Waals surface area contributed by atoms with Crippen LogP contribution in [-0.4, -0.2) is 32.2 Å². The van der Waals surface area contributed by atoms with Gasteiger partial charge >= 0.3 is 5.97 Å². The van der Waals surface area contributed by atoms with E-state index in [2.05, 4.69) is 0 Å². The van der Waals surface area contributed by atoms with Crippen LogP contribution in [0.15, 0.2) is 22.4 Å². The summed E-state index contributed by atoms with van der Waals surface area (Å²) in [6.07, 6.45) is 1.73. The lowest BCUT2D eigenvalue weighted by atomic mass is 10.3. The fourth-order valence-corrected chi connectivity index (χ4v) is 3.57. The van der Waals surface area contributed by atoms with Gasteiger partial charge in [-0.3, -0.25) is 9.69 Å². The van der Waals surface area contributed by atoms with Crippen molar-refractivity contribution in [3.63, 3.8) is 0 Å². The van der Waals surface area contributed by atoms with Gasteiger partial charge in [-0.1, -0.05) is 30.0 Å². The lowest BCUT2D eigenvalue weighted by Gasteiger charge is -2.18. The maximum absolute atomic E-state index is 12.1. The third-order valence-electron chi connectivity index (χ3n) is 2.38. The van der Waals surface area contributed by atoms with Gasteiger partial charge in [0.2, 0.25) is 0 Å². The van der Waals surface area contributed by atoms with E-state index in [9.17, 15) is 9.59 Å². The molecule has 0 saturated carbocycles. The first-order valence-electron chi connectivity index (χ1n) is 5.04. The van der Waals surface area contributed by atoms with Crippen LogP contribution in [0.5, 0.6) is 0 Å². The van der Waals surface area contributed by atoms with Gasteiger partial charge in [-0.2, -0.15) is 0 Å². The molecule has 7 heteroatoms. The Labute approximate surface area is 117 Å². The van der Waals surface area contributed by atoms with Gasteiger partial charge in [-0.15, -0.1) is 11.3 Å². The van der Waals surface area contributed by atoms with Gasteiger partial charge in [-0.05, 0) is 24.4 Å². The van der Waals surface area contributed by atoms with Crippen LogP contribution in [0.25, 0.3) is 6.08 Å². The molecule has 1 fully saturated rings. The van der Waals surface area contributed by atoms with E-state index >= 15 is 0 Å². The molecule has 1 aliphatic rings. The number of carboxylic acid groups (broad SMARTS) is 1. The average molecular weight is 299 g/mol. The highest BCUT2D eigenvalue weighted by molar-refractivity contribution is 8.26. The number of rotatable bonds is 3. The molecule has 1 saturated heterocycles. The van der Waals surface area contributed by atoms with Gasteiger partial charge in [-0.25, -0.2) is 4.79 Å². The van der Waals surface area contributed by atoms with Crippen molar-refractivity contribution in [3.05, 3.63) is 27.3 Å². The van der Waals surface area contributed by atoms with Crippen LogP contribution < -0.4 is 0 Å². The fourth-order valence-electron chi connectivity index (χ4n) is 1.43. The highest BCUT2D eigenvalue weighted by Crippen LogP contribution is 2.34. The molecular weight excluding hydrogens is 290 g/mol. The molecule has 0 bridgehead atoms. The van der Waals surface area contributed by atoms with E-state index in [0.717, 1.165) is 21.5 Å². The second kappa shape index (κ2) is 5.21. The first-order valence-corrected chi connectivity index (χ1v) is 7.14. The second-order valence-corrected chi connectivity index (χ2v) is 6.24. The van der Waals surface area contributed by atoms with Crippen LogP contribution in [0.1, 0.15) is 11.8 Å². The third kappa shape index (κ3) is 2.47. The van der Waals surface area contributed by atoms with Crippen LogP contribution >= 0.6 is 35.3 Å². The number of carbonyl (C=O) groups is 2. The quantitative estimate of drug-likeness (QED) is 0.686. The molecule has 1 aromatic heterocycles. The summed E-state index contributed by atoms with van der Waals surface area (Å²) in [6, 6.07) is 2.83. The van der Waals surface area contributed by atoms with Crippen molar-refractivity contribution in [1.82, 2.24) is 4.90 Å². The smallest absolute Gasteiger partial charge is 0.326 e. The van der Waals surface area contributed by atoms with Crippen LogP contribution in [0.2, 0.25) is 0 Å². The Morgan fingerprint density at radius 2 is 2.33 bits per heavy atom. The lowest BCUT2D eigenvalue weighted by Crippen LogP contribution is -2.41. The van der Waals surface area contributed by atoms with Crippen molar-refractivity contribution in [3.8, 4) is 0 Å². The number of aliphatic carboxylic acids is 1. The maximum atomic E-state index is 12.1. The van der Waals surface area contributed by atoms with Crippen molar-refractivity contribution in [2.45, 2.75) is 13.0 Å². The molecule has 0 aliphatic carbocycles. The second-order valence-electron chi connectivity index (χ2n) is 3.58. The normalized spacial score (nSPS) is 19.6. The van der Waals surface area contributed by atoms with E-state index in [0.29, 0.717) is 4.91 Å². The summed E-state index contributed by atoms with van der Waals surface area (Å²) in [5.41, 5.74) is 0. The molecule has 1 amide bonds. The number of hydrogen-bond acceptors (Lipinski definition) is 5. The fraction of sp³-hybridized carbons (Fsp3) is 0.182. The minimum atomic E-state index is -1.07. The summed E-state index contributed by atoms with van der Waals surface area (Å²) in [5.74, 6) is -1.41. The predicted octanol–water partition coefficient (Wildman–Crippen LogP) is 2.42. The molecule has 4 nitrogen and oxygen atoms in total. The molecule has 0 spiro atoms. The lowest BCUT2D eigenvalue weighted by molar-refractivity contribution is -0.144. The van der Waals surface area contributed by atoms with Crippen molar-refractivity contribution >= 4 is 57.6 Å². The Kier molecular flexibility index (Phi) is 3.84. The molecule has 1 aliphatic heterocycles. The number of thioether (sulfide) groups is 1. The van der Waals surface area contributed by atoms with Crippen LogP contribution in [0, 0.1) is 0 Å². The number of amides is 1.